The van der Waals surface area contributed by atoms with E-state index >= 15 is 0 Å². The van der Waals surface area contributed by atoms with E-state index in [4.69, 9.17) is 14.2 Å². The Hall–Kier alpha value is -3.71. The van der Waals surface area contributed by atoms with Crippen LogP contribution in [0.3, 0.4) is 0 Å². The zero-order valence-corrected chi connectivity index (χ0v) is 26.3. The summed E-state index contributed by atoms with van der Waals surface area (Å²) in [4.78, 5) is 14.8. The molecule has 6 rings (SSSR count). The summed E-state index contributed by atoms with van der Waals surface area (Å²) in [7, 11) is 3.66. The zero-order chi connectivity index (χ0) is 31.0. The molecule has 0 radical (unpaired) electrons. The molecule has 44 heavy (non-hydrogen) atoms. The number of carbonyl (C=O) groups excluding carboxylic acids is 1. The molecule has 2 saturated carbocycles. The van der Waals surface area contributed by atoms with Crippen molar-refractivity contribution >= 4 is 11.7 Å². The number of fused-ring (bicyclic) bond motifs is 5. The standard InChI is InChI=1S/C37H45NO6/c1-5-6-19-43-25-10-7-23(8-11-25)36(41)44-27-13-16-32(34(39)21-27)38(3)33-22-31-30-14-9-24-20-26(42-4)12-15-28(24)29(30)17-18-37(31,2)35(33)40/h7-8,10-13,15-16,20-21,29-31,33,35,39-40H,5-6,9,14,17-19,22H2,1-4H3/t29-,30-,31+,33-,35+,37+/m1/s1. The number of carbonyl (C=O) groups is 1. The van der Waals surface area contributed by atoms with Crippen molar-refractivity contribution in [1.82, 2.24) is 0 Å². The highest BCUT2D eigenvalue weighted by Gasteiger charge is 2.59. The van der Waals surface area contributed by atoms with Gasteiger partial charge in [0.25, 0.3) is 0 Å². The van der Waals surface area contributed by atoms with Crippen LogP contribution >= 0.6 is 0 Å². The van der Waals surface area contributed by atoms with Gasteiger partial charge in [0.05, 0.1) is 37.1 Å². The minimum atomic E-state index is -0.512. The molecule has 6 atom stereocenters. The molecule has 7 heteroatoms. The summed E-state index contributed by atoms with van der Waals surface area (Å²) >= 11 is 0. The van der Waals surface area contributed by atoms with E-state index in [1.54, 1.807) is 43.5 Å². The number of nitrogens with zero attached hydrogens (tertiary/aromatic N) is 1. The molecular weight excluding hydrogens is 554 g/mol. The van der Waals surface area contributed by atoms with E-state index in [9.17, 15) is 15.0 Å². The molecule has 2 fully saturated rings. The molecule has 0 saturated heterocycles. The van der Waals surface area contributed by atoms with E-state index in [0.717, 1.165) is 50.7 Å². The van der Waals surface area contributed by atoms with Crippen LogP contribution < -0.4 is 19.1 Å². The first-order valence-corrected chi connectivity index (χ1v) is 16.1. The molecule has 0 unspecified atom stereocenters. The van der Waals surface area contributed by atoms with Gasteiger partial charge in [-0.1, -0.05) is 26.3 Å². The number of hydrogen-bond donors (Lipinski definition) is 2. The smallest absolute Gasteiger partial charge is 0.343 e. The zero-order valence-electron chi connectivity index (χ0n) is 26.3. The number of anilines is 1. The van der Waals surface area contributed by atoms with Crippen LogP contribution in [-0.2, 0) is 6.42 Å². The third-order valence-electron chi connectivity index (χ3n) is 10.8. The van der Waals surface area contributed by atoms with Gasteiger partial charge in [-0.25, -0.2) is 4.79 Å². The maximum atomic E-state index is 12.8. The van der Waals surface area contributed by atoms with E-state index in [2.05, 4.69) is 32.0 Å². The Kier molecular flexibility index (Phi) is 8.51. The number of phenols is 1. The second kappa shape index (κ2) is 12.4. The number of likely N-dealkylation sites (N-methyl/N-ethyl adjacent to an activating group) is 1. The van der Waals surface area contributed by atoms with Crippen LogP contribution in [0.5, 0.6) is 23.0 Å². The summed E-state index contributed by atoms with van der Waals surface area (Å²) in [5.41, 5.74) is 3.70. The van der Waals surface area contributed by atoms with Crippen LogP contribution in [0, 0.1) is 17.3 Å². The Bertz CT molecular complexity index is 1490. The average Bonchev–Trinajstić information content (AvgIpc) is 3.31. The van der Waals surface area contributed by atoms with Crippen LogP contribution in [-0.4, -0.2) is 49.1 Å². The fraction of sp³-hybridized carbons (Fsp3) is 0.486. The van der Waals surface area contributed by atoms with Gasteiger partial charge in [0.1, 0.15) is 23.0 Å². The Morgan fingerprint density at radius 2 is 1.77 bits per heavy atom. The van der Waals surface area contributed by atoms with Crippen molar-refractivity contribution < 1.29 is 29.2 Å². The molecule has 3 aliphatic carbocycles. The minimum absolute atomic E-state index is 0.0168. The van der Waals surface area contributed by atoms with Gasteiger partial charge in [0, 0.05) is 13.1 Å². The molecule has 2 N–H and O–H groups in total. The van der Waals surface area contributed by atoms with Gasteiger partial charge in [-0.05, 0) is 121 Å². The quantitative estimate of drug-likeness (QED) is 0.154. The predicted octanol–water partition coefficient (Wildman–Crippen LogP) is 7.13. The van der Waals surface area contributed by atoms with Crippen molar-refractivity contribution in [1.29, 1.82) is 0 Å². The van der Waals surface area contributed by atoms with E-state index in [1.807, 2.05) is 11.9 Å². The van der Waals surface area contributed by atoms with Gasteiger partial charge < -0.3 is 29.3 Å². The monoisotopic (exact) mass is 599 g/mol. The topological polar surface area (TPSA) is 88.5 Å². The van der Waals surface area contributed by atoms with Gasteiger partial charge >= 0.3 is 5.97 Å². The lowest BCUT2D eigenvalue weighted by Crippen LogP contribution is -2.47. The molecular formula is C37H45NO6. The van der Waals surface area contributed by atoms with Crippen molar-refractivity contribution in [3.63, 3.8) is 0 Å². The first kappa shape index (κ1) is 30.3. The van der Waals surface area contributed by atoms with Gasteiger partial charge in [0.2, 0.25) is 0 Å². The lowest BCUT2D eigenvalue weighted by Gasteiger charge is -2.50. The Labute approximate surface area is 260 Å². The fourth-order valence-corrected chi connectivity index (χ4v) is 8.27. The average molecular weight is 600 g/mol. The molecule has 0 aromatic heterocycles. The third kappa shape index (κ3) is 5.51. The maximum Gasteiger partial charge on any atom is 0.343 e. The van der Waals surface area contributed by atoms with Crippen LogP contribution in [0.2, 0.25) is 0 Å². The van der Waals surface area contributed by atoms with Crippen LogP contribution in [0.1, 0.15) is 79.8 Å². The van der Waals surface area contributed by atoms with Crippen molar-refractivity contribution in [3.8, 4) is 23.0 Å². The Balaban J connectivity index is 1.14. The van der Waals surface area contributed by atoms with Crippen LogP contribution in [0.15, 0.2) is 60.7 Å². The number of benzene rings is 3. The molecule has 0 aliphatic heterocycles. The number of rotatable bonds is 9. The molecule has 234 valence electrons. The summed E-state index contributed by atoms with van der Waals surface area (Å²) in [5, 5.41) is 22.8. The lowest BCUT2D eigenvalue weighted by atomic mass is 9.55. The highest BCUT2D eigenvalue weighted by Crippen LogP contribution is 2.62. The summed E-state index contributed by atoms with van der Waals surface area (Å²) < 4.78 is 16.7. The van der Waals surface area contributed by atoms with Gasteiger partial charge in [-0.2, -0.15) is 0 Å². The number of aliphatic hydroxyl groups excluding tert-OH is 1. The van der Waals surface area contributed by atoms with Gasteiger partial charge in [-0.15, -0.1) is 0 Å². The van der Waals surface area contributed by atoms with Crippen molar-refractivity contribution in [2.45, 2.75) is 76.9 Å². The molecule has 0 heterocycles. The Morgan fingerprint density at radius 1 is 1.02 bits per heavy atom. The van der Waals surface area contributed by atoms with E-state index < -0.39 is 12.1 Å². The summed E-state index contributed by atoms with van der Waals surface area (Å²) in [6.07, 6.45) is 6.59. The lowest BCUT2D eigenvalue weighted by molar-refractivity contribution is -0.0258. The highest BCUT2D eigenvalue weighted by atomic mass is 16.5. The van der Waals surface area contributed by atoms with Crippen LogP contribution in [0.4, 0.5) is 5.69 Å². The summed E-state index contributed by atoms with van der Waals surface area (Å²) in [6.45, 7) is 5.02. The maximum absolute atomic E-state index is 12.8. The van der Waals surface area contributed by atoms with Gasteiger partial charge in [0.15, 0.2) is 0 Å². The fourth-order valence-electron chi connectivity index (χ4n) is 8.27. The summed E-state index contributed by atoms with van der Waals surface area (Å²) in [5.74, 6) is 2.83. The first-order valence-electron chi connectivity index (χ1n) is 16.1. The largest absolute Gasteiger partial charge is 0.506 e. The number of aromatic hydroxyl groups is 1. The number of aryl methyl sites for hydroxylation is 1. The molecule has 3 aromatic rings. The highest BCUT2D eigenvalue weighted by molar-refractivity contribution is 5.91. The second-order valence-electron chi connectivity index (χ2n) is 13.1. The SMILES string of the molecule is CCCCOc1ccc(C(=O)Oc2ccc(N(C)[C@@H]3C[C@H]4[C@@H]5CCc6cc(OC)ccc6[C@H]5CC[C@]4(C)[C@H]3O)c(O)c2)cc1. The number of methoxy groups -OCH3 is 1. The molecule has 0 amide bonds. The molecule has 7 nitrogen and oxygen atoms in total. The minimum Gasteiger partial charge on any atom is -0.506 e. The number of hydrogen-bond acceptors (Lipinski definition) is 7. The van der Waals surface area contributed by atoms with Crippen molar-refractivity contribution in [3.05, 3.63) is 77.4 Å². The number of phenolic OH excluding ortho intramolecular Hbond substituents is 1. The van der Waals surface area contributed by atoms with E-state index in [-0.39, 0.29) is 23.0 Å². The van der Waals surface area contributed by atoms with E-state index in [1.165, 1.54) is 17.2 Å². The second-order valence-corrected chi connectivity index (χ2v) is 13.1. The third-order valence-corrected chi connectivity index (χ3v) is 10.8. The van der Waals surface area contributed by atoms with Gasteiger partial charge in [-0.3, -0.25) is 0 Å². The summed E-state index contributed by atoms with van der Waals surface area (Å²) in [6, 6.07) is 18.2. The number of ether oxygens (including phenoxy) is 3. The molecule has 0 spiro atoms. The molecule has 0 bridgehead atoms. The first-order chi connectivity index (χ1) is 21.2. The van der Waals surface area contributed by atoms with Crippen LogP contribution in [0.25, 0.3) is 0 Å². The molecule has 3 aliphatic rings. The normalized spacial score (nSPS) is 27.1. The number of unbranched alkanes of at least 4 members (excludes halogenated alkanes) is 1. The number of esters is 1. The number of aliphatic hydroxyl groups is 1. The molecule has 3 aromatic carbocycles. The van der Waals surface area contributed by atoms with Crippen molar-refractivity contribution in [2.24, 2.45) is 17.3 Å². The predicted molar refractivity (Wildman–Crippen MR) is 171 cm³/mol. The Morgan fingerprint density at radius 3 is 2.50 bits per heavy atom. The van der Waals surface area contributed by atoms with Crippen molar-refractivity contribution in [2.75, 3.05) is 25.7 Å². The van der Waals surface area contributed by atoms with E-state index in [0.29, 0.717) is 41.4 Å².